The Morgan fingerprint density at radius 3 is 2.85 bits per heavy atom. The third kappa shape index (κ3) is 2.02. The van der Waals surface area contributed by atoms with Gasteiger partial charge in [-0.25, -0.2) is 0 Å². The van der Waals surface area contributed by atoms with Gasteiger partial charge in [0.05, 0.1) is 6.42 Å². The number of esters is 1. The van der Waals surface area contributed by atoms with Crippen LogP contribution in [0.5, 0.6) is 11.5 Å². The predicted octanol–water partition coefficient (Wildman–Crippen LogP) is 1.53. The number of carbonyl (C=O) groups is 2. The van der Waals surface area contributed by atoms with Gasteiger partial charge in [0, 0.05) is 18.7 Å². The molecule has 0 aromatic carbocycles. The molecule has 0 spiro atoms. The maximum absolute atomic E-state index is 11.6. The minimum absolute atomic E-state index is 0.0208. The molecule has 2 aromatic rings. The van der Waals surface area contributed by atoms with Gasteiger partial charge >= 0.3 is 16.1 Å². The lowest BCUT2D eigenvalue weighted by molar-refractivity contribution is -0.133. The predicted molar refractivity (Wildman–Crippen MR) is 68.6 cm³/mol. The summed E-state index contributed by atoms with van der Waals surface area (Å²) in [5.41, 5.74) is 0.222. The molecule has 0 atom stereocenters. The van der Waals surface area contributed by atoms with Gasteiger partial charge in [-0.2, -0.15) is 8.42 Å². The third-order valence-corrected chi connectivity index (χ3v) is 4.67. The Bertz CT molecular complexity index is 802. The van der Waals surface area contributed by atoms with Crippen molar-refractivity contribution in [3.05, 3.63) is 6.07 Å². The van der Waals surface area contributed by atoms with Gasteiger partial charge in [-0.1, -0.05) is 11.8 Å². The third-order valence-electron chi connectivity index (χ3n) is 2.62. The molecule has 0 aliphatic carbocycles. The van der Waals surface area contributed by atoms with Crippen molar-refractivity contribution in [2.75, 3.05) is 5.75 Å². The van der Waals surface area contributed by atoms with Crippen molar-refractivity contribution in [3.8, 4) is 11.5 Å². The summed E-state index contributed by atoms with van der Waals surface area (Å²) in [6.45, 7) is 1.40. The van der Waals surface area contributed by atoms with Gasteiger partial charge in [0.2, 0.25) is 11.5 Å². The number of benzene rings is 1. The fourth-order valence-electron chi connectivity index (χ4n) is 1.82. The number of ether oxygens (including phenoxy) is 1. The quantitative estimate of drug-likeness (QED) is 0.475. The van der Waals surface area contributed by atoms with Crippen molar-refractivity contribution in [2.45, 2.75) is 18.2 Å². The number of rotatable bonds is 4. The van der Waals surface area contributed by atoms with Crippen LogP contribution in [0.2, 0.25) is 0 Å². The van der Waals surface area contributed by atoms with Crippen molar-refractivity contribution >= 4 is 44.1 Å². The normalized spacial score (nSPS) is 15.4. The number of fused-ring (bicyclic) bond motifs is 1. The Labute approximate surface area is 117 Å². The van der Waals surface area contributed by atoms with Gasteiger partial charge in [-0.05, 0) is 0 Å². The lowest BCUT2D eigenvalue weighted by atomic mass is 10.3. The van der Waals surface area contributed by atoms with Crippen molar-refractivity contribution in [1.82, 2.24) is 0 Å². The summed E-state index contributed by atoms with van der Waals surface area (Å²) in [5, 5.41) is -0.0918. The lowest BCUT2D eigenvalue weighted by Gasteiger charge is -2.02. The molecular formula is C11H8O7S2. The summed E-state index contributed by atoms with van der Waals surface area (Å²) in [6.07, 6.45) is 0.0208. The summed E-state index contributed by atoms with van der Waals surface area (Å²) in [5.74, 6) is -0.398. The molecular weight excluding hydrogens is 308 g/mol. The van der Waals surface area contributed by atoms with E-state index in [0.29, 0.717) is 5.75 Å². The molecule has 106 valence electrons. The summed E-state index contributed by atoms with van der Waals surface area (Å²) in [6, 6.07) is 1.26. The Kier molecular flexibility index (Phi) is 2.91. The van der Waals surface area contributed by atoms with E-state index >= 15 is 0 Å². The highest BCUT2D eigenvalue weighted by Gasteiger charge is 2.40. The molecule has 7 nitrogen and oxygen atoms in total. The topological polar surface area (TPSA) is 99.9 Å². The highest BCUT2D eigenvalue weighted by Crippen LogP contribution is 2.51. The molecule has 0 N–H and O–H groups in total. The molecule has 1 aliphatic rings. The van der Waals surface area contributed by atoms with Crippen molar-refractivity contribution < 1.29 is 31.3 Å². The van der Waals surface area contributed by atoms with E-state index in [0.717, 1.165) is 11.8 Å². The van der Waals surface area contributed by atoms with Crippen LogP contribution in [0.1, 0.15) is 13.3 Å². The first-order valence-corrected chi connectivity index (χ1v) is 7.95. The molecule has 0 saturated carbocycles. The van der Waals surface area contributed by atoms with Gasteiger partial charge in [0.25, 0.3) is 0 Å². The molecule has 0 radical (unpaired) electrons. The molecule has 1 aliphatic heterocycles. The molecule has 3 heterocycles. The minimum atomic E-state index is -3.85. The SMILES string of the molecule is CC(=O)SCCC(=O)Oc1c2c3oc1cc3S(=O)(=O)O2. The van der Waals surface area contributed by atoms with Gasteiger partial charge in [-0.3, -0.25) is 9.59 Å². The molecule has 2 bridgehead atoms. The molecule has 9 heteroatoms. The Balaban J connectivity index is 1.74. The standard InChI is InChI=1S/C11H8O7S2/c1-5(12)19-3-2-8(13)17-9-6-4-7-10(16-6)11(9)18-20(7,14)15/h4H,2-3H2,1H3. The average molecular weight is 316 g/mol. The van der Waals surface area contributed by atoms with E-state index in [2.05, 4.69) is 0 Å². The smallest absolute Gasteiger partial charge is 0.343 e. The van der Waals surface area contributed by atoms with Gasteiger partial charge in [0.1, 0.15) is 0 Å². The van der Waals surface area contributed by atoms with Crippen LogP contribution in [-0.4, -0.2) is 25.3 Å². The van der Waals surface area contributed by atoms with Crippen LogP contribution in [0, 0.1) is 0 Å². The van der Waals surface area contributed by atoms with Gasteiger partial charge < -0.3 is 13.3 Å². The largest absolute Gasteiger partial charge is 0.448 e. The Morgan fingerprint density at radius 2 is 2.15 bits per heavy atom. The molecule has 0 unspecified atom stereocenters. The number of carbonyl (C=O) groups excluding carboxylic acids is 2. The van der Waals surface area contributed by atoms with Crippen LogP contribution < -0.4 is 8.92 Å². The second-order valence-electron chi connectivity index (χ2n) is 4.06. The molecule has 0 amide bonds. The summed E-state index contributed by atoms with van der Waals surface area (Å²) < 4.78 is 38.1. The maximum Gasteiger partial charge on any atom is 0.343 e. The molecule has 0 saturated heterocycles. The van der Waals surface area contributed by atoms with E-state index in [9.17, 15) is 18.0 Å². The molecule has 3 rings (SSSR count). The van der Waals surface area contributed by atoms with E-state index in [1.807, 2.05) is 0 Å². The van der Waals surface area contributed by atoms with Gasteiger partial charge in [0.15, 0.2) is 21.2 Å². The van der Waals surface area contributed by atoms with Crippen LogP contribution >= 0.6 is 11.8 Å². The summed E-state index contributed by atoms with van der Waals surface area (Å²) in [7, 11) is -3.85. The highest BCUT2D eigenvalue weighted by atomic mass is 32.2. The van der Waals surface area contributed by atoms with E-state index < -0.39 is 16.1 Å². The van der Waals surface area contributed by atoms with Gasteiger partial charge in [-0.15, -0.1) is 0 Å². The molecule has 0 fully saturated rings. The number of thioether (sulfide) groups is 1. The maximum atomic E-state index is 11.6. The van der Waals surface area contributed by atoms with Crippen LogP contribution in [0.3, 0.4) is 0 Å². The zero-order valence-corrected chi connectivity index (χ0v) is 11.8. The monoisotopic (exact) mass is 316 g/mol. The Morgan fingerprint density at radius 1 is 1.40 bits per heavy atom. The number of hydrogen-bond acceptors (Lipinski definition) is 8. The molecule has 2 aromatic heterocycles. The number of hydrogen-bond donors (Lipinski definition) is 0. The summed E-state index contributed by atoms with van der Waals surface area (Å²) in [4.78, 5) is 22.3. The van der Waals surface area contributed by atoms with Crippen LogP contribution in [0.25, 0.3) is 11.2 Å². The van der Waals surface area contributed by atoms with Crippen molar-refractivity contribution in [3.63, 3.8) is 0 Å². The minimum Gasteiger partial charge on any atom is -0.448 e. The number of furan rings is 2. The van der Waals surface area contributed by atoms with Crippen LogP contribution in [0.15, 0.2) is 15.4 Å². The van der Waals surface area contributed by atoms with E-state index in [1.165, 1.54) is 13.0 Å². The van der Waals surface area contributed by atoms with Crippen LogP contribution in [0.4, 0.5) is 0 Å². The summed E-state index contributed by atoms with van der Waals surface area (Å²) >= 11 is 1.01. The van der Waals surface area contributed by atoms with E-state index in [-0.39, 0.29) is 39.1 Å². The highest BCUT2D eigenvalue weighted by molar-refractivity contribution is 8.13. The van der Waals surface area contributed by atoms with Crippen LogP contribution in [-0.2, 0) is 19.7 Å². The fraction of sp³-hybridized carbons (Fsp3) is 0.273. The Hall–Kier alpha value is -1.74. The van der Waals surface area contributed by atoms with E-state index in [1.54, 1.807) is 0 Å². The first-order valence-electron chi connectivity index (χ1n) is 5.56. The zero-order chi connectivity index (χ0) is 14.5. The van der Waals surface area contributed by atoms with E-state index in [4.69, 9.17) is 13.3 Å². The molecule has 20 heavy (non-hydrogen) atoms. The van der Waals surface area contributed by atoms with Crippen molar-refractivity contribution in [1.29, 1.82) is 0 Å². The fourth-order valence-corrected chi connectivity index (χ4v) is 3.44. The average Bonchev–Trinajstić information content (AvgIpc) is 2.92. The van der Waals surface area contributed by atoms with Crippen molar-refractivity contribution in [2.24, 2.45) is 0 Å². The second-order valence-corrected chi connectivity index (χ2v) is 6.85. The second kappa shape index (κ2) is 4.38. The first kappa shape index (κ1) is 13.3. The lowest BCUT2D eigenvalue weighted by Crippen LogP contribution is -2.09. The first-order chi connectivity index (χ1) is 9.38. The zero-order valence-electron chi connectivity index (χ0n) is 10.2.